The molecule has 0 saturated carbocycles. The summed E-state index contributed by atoms with van der Waals surface area (Å²) >= 11 is 0. The van der Waals surface area contributed by atoms with Gasteiger partial charge in [0.05, 0.1) is 11.2 Å². The summed E-state index contributed by atoms with van der Waals surface area (Å²) in [6, 6.07) is 0. The van der Waals surface area contributed by atoms with Gasteiger partial charge in [-0.25, -0.2) is 0 Å². The first-order chi connectivity index (χ1) is 8.64. The maximum absolute atomic E-state index is 6.01. The van der Waals surface area contributed by atoms with Crippen LogP contribution in [0.4, 0.5) is 0 Å². The highest BCUT2D eigenvalue weighted by Crippen LogP contribution is 2.36. The minimum atomic E-state index is -0.340. The number of nitrogens with zero attached hydrogens (tertiary/aromatic N) is 3. The van der Waals surface area contributed by atoms with Gasteiger partial charge in [-0.1, -0.05) is 0 Å². The van der Waals surface area contributed by atoms with Crippen molar-refractivity contribution in [2.75, 3.05) is 14.1 Å². The predicted molar refractivity (Wildman–Crippen MR) is 76.3 cm³/mol. The Kier molecular flexibility index (Phi) is 3.54. The number of hydrogen-bond acceptors (Lipinski definition) is 4. The minimum Gasteiger partial charge on any atom is -0.399 e. The van der Waals surface area contributed by atoms with Crippen LogP contribution in [0.2, 0.25) is 0 Å². The van der Waals surface area contributed by atoms with Gasteiger partial charge in [-0.3, -0.25) is 9.58 Å². The summed E-state index contributed by atoms with van der Waals surface area (Å²) in [4.78, 5) is 2.10. The van der Waals surface area contributed by atoms with Crippen molar-refractivity contribution >= 4 is 12.6 Å². The van der Waals surface area contributed by atoms with Crippen molar-refractivity contribution in [3.8, 4) is 0 Å². The summed E-state index contributed by atoms with van der Waals surface area (Å²) in [6.45, 7) is 10.3. The molecule has 1 saturated heterocycles. The number of aromatic nitrogens is 2. The zero-order chi connectivity index (χ0) is 14.4. The molecule has 0 amide bonds. The van der Waals surface area contributed by atoms with Crippen LogP contribution in [0.5, 0.6) is 0 Å². The van der Waals surface area contributed by atoms with Gasteiger partial charge in [-0.2, -0.15) is 5.10 Å². The van der Waals surface area contributed by atoms with Crippen LogP contribution in [0.15, 0.2) is 12.4 Å². The number of hydrogen-bond donors (Lipinski definition) is 0. The van der Waals surface area contributed by atoms with E-state index in [4.69, 9.17) is 9.31 Å². The summed E-state index contributed by atoms with van der Waals surface area (Å²) in [7, 11) is 3.72. The quantitative estimate of drug-likeness (QED) is 0.771. The maximum atomic E-state index is 6.01. The lowest BCUT2D eigenvalue weighted by molar-refractivity contribution is 0.00578. The van der Waals surface area contributed by atoms with E-state index in [1.807, 2.05) is 31.2 Å². The first-order valence-corrected chi connectivity index (χ1v) is 6.70. The molecular weight excluding hydrogens is 241 g/mol. The zero-order valence-electron chi connectivity index (χ0n) is 13.0. The van der Waals surface area contributed by atoms with E-state index in [9.17, 15) is 0 Å². The SMILES string of the molecule is CC(N(C)C)n1cc(B2OC(C)(C)C(C)(C)O2)cn1. The first-order valence-electron chi connectivity index (χ1n) is 6.70. The monoisotopic (exact) mass is 265 g/mol. The molecule has 1 aromatic rings. The molecule has 1 fully saturated rings. The fourth-order valence-corrected chi connectivity index (χ4v) is 1.89. The van der Waals surface area contributed by atoms with Crippen LogP contribution in [0.25, 0.3) is 0 Å². The summed E-state index contributed by atoms with van der Waals surface area (Å²) in [5.41, 5.74) is 0.340. The van der Waals surface area contributed by atoms with Crippen LogP contribution in [-0.4, -0.2) is 47.1 Å². The van der Waals surface area contributed by atoms with Crippen molar-refractivity contribution < 1.29 is 9.31 Å². The van der Waals surface area contributed by atoms with Crippen LogP contribution in [0.3, 0.4) is 0 Å². The molecular formula is C13H24BN3O2. The minimum absolute atomic E-state index is 0.205. The third-order valence-corrected chi connectivity index (χ3v) is 4.28. The Morgan fingerprint density at radius 2 is 1.74 bits per heavy atom. The molecule has 1 atom stereocenters. The van der Waals surface area contributed by atoms with Gasteiger partial charge in [0.25, 0.3) is 0 Å². The van der Waals surface area contributed by atoms with Gasteiger partial charge in [0.2, 0.25) is 0 Å². The van der Waals surface area contributed by atoms with Gasteiger partial charge in [0, 0.05) is 17.9 Å². The topological polar surface area (TPSA) is 39.5 Å². The third-order valence-electron chi connectivity index (χ3n) is 4.28. The second-order valence-electron chi connectivity index (χ2n) is 6.44. The van der Waals surface area contributed by atoms with Gasteiger partial charge in [0.1, 0.15) is 6.17 Å². The highest BCUT2D eigenvalue weighted by molar-refractivity contribution is 6.61. The molecule has 106 valence electrons. The molecule has 2 heterocycles. The molecule has 1 aromatic heterocycles. The molecule has 0 aromatic carbocycles. The Balaban J connectivity index is 2.17. The molecule has 6 heteroatoms. The van der Waals surface area contributed by atoms with Crippen LogP contribution < -0.4 is 5.46 Å². The molecule has 1 aliphatic rings. The first kappa shape index (κ1) is 14.6. The van der Waals surface area contributed by atoms with E-state index in [1.54, 1.807) is 0 Å². The zero-order valence-corrected chi connectivity index (χ0v) is 13.0. The van der Waals surface area contributed by atoms with Gasteiger partial charge in [0.15, 0.2) is 0 Å². The smallest absolute Gasteiger partial charge is 0.399 e. The highest BCUT2D eigenvalue weighted by Gasteiger charge is 2.52. The second kappa shape index (κ2) is 4.61. The van der Waals surface area contributed by atoms with E-state index in [-0.39, 0.29) is 24.5 Å². The molecule has 0 radical (unpaired) electrons. The van der Waals surface area contributed by atoms with Crippen molar-refractivity contribution in [2.45, 2.75) is 52.0 Å². The summed E-state index contributed by atoms with van der Waals surface area (Å²) < 4.78 is 13.9. The maximum Gasteiger partial charge on any atom is 0.498 e. The average Bonchev–Trinajstić information content (AvgIpc) is 2.81. The van der Waals surface area contributed by atoms with Crippen LogP contribution in [0.1, 0.15) is 40.8 Å². The molecule has 0 spiro atoms. The molecule has 0 N–H and O–H groups in total. The van der Waals surface area contributed by atoms with E-state index in [0.717, 1.165) is 5.46 Å². The lowest BCUT2D eigenvalue weighted by Crippen LogP contribution is -2.41. The lowest BCUT2D eigenvalue weighted by atomic mass is 9.82. The van der Waals surface area contributed by atoms with Gasteiger partial charge < -0.3 is 9.31 Å². The van der Waals surface area contributed by atoms with E-state index in [0.29, 0.717) is 0 Å². The van der Waals surface area contributed by atoms with Gasteiger partial charge in [-0.05, 0) is 48.7 Å². The Morgan fingerprint density at radius 1 is 1.21 bits per heavy atom. The van der Waals surface area contributed by atoms with Crippen LogP contribution >= 0.6 is 0 Å². The molecule has 5 nitrogen and oxygen atoms in total. The van der Waals surface area contributed by atoms with Crippen molar-refractivity contribution in [2.24, 2.45) is 0 Å². The Labute approximate surface area is 116 Å². The molecule has 1 unspecified atom stereocenters. The molecule has 1 aliphatic heterocycles. The van der Waals surface area contributed by atoms with Crippen molar-refractivity contribution in [3.05, 3.63) is 12.4 Å². The second-order valence-corrected chi connectivity index (χ2v) is 6.44. The van der Waals surface area contributed by atoms with Crippen molar-refractivity contribution in [1.82, 2.24) is 14.7 Å². The number of rotatable bonds is 3. The standard InChI is InChI=1S/C13H24BN3O2/c1-10(16(6)7)17-9-11(8-15-17)14-18-12(2,3)13(4,5)19-14/h8-10H,1-7H3. The lowest BCUT2D eigenvalue weighted by Gasteiger charge is -2.32. The summed E-state index contributed by atoms with van der Waals surface area (Å²) in [5.74, 6) is 0. The molecule has 19 heavy (non-hydrogen) atoms. The van der Waals surface area contributed by atoms with Crippen molar-refractivity contribution in [3.63, 3.8) is 0 Å². The van der Waals surface area contributed by atoms with Gasteiger partial charge in [-0.15, -0.1) is 0 Å². The normalized spacial score (nSPS) is 23.1. The van der Waals surface area contributed by atoms with Gasteiger partial charge >= 0.3 is 7.12 Å². The summed E-state index contributed by atoms with van der Waals surface area (Å²) in [6.07, 6.45) is 4.02. The molecule has 0 aliphatic carbocycles. The van der Waals surface area contributed by atoms with E-state index < -0.39 is 0 Å². The predicted octanol–water partition coefficient (Wildman–Crippen LogP) is 1.26. The van der Waals surface area contributed by atoms with Crippen LogP contribution in [-0.2, 0) is 9.31 Å². The summed E-state index contributed by atoms with van der Waals surface area (Å²) in [5, 5.41) is 4.39. The molecule has 0 bridgehead atoms. The highest BCUT2D eigenvalue weighted by atomic mass is 16.7. The third kappa shape index (κ3) is 2.57. The van der Waals surface area contributed by atoms with E-state index in [2.05, 4.69) is 44.6 Å². The average molecular weight is 265 g/mol. The largest absolute Gasteiger partial charge is 0.498 e. The Bertz CT molecular complexity index is 440. The fraction of sp³-hybridized carbons (Fsp3) is 0.769. The Morgan fingerprint density at radius 3 is 2.21 bits per heavy atom. The Hall–Kier alpha value is -0.845. The fourth-order valence-electron chi connectivity index (χ4n) is 1.89. The van der Waals surface area contributed by atoms with E-state index >= 15 is 0 Å². The van der Waals surface area contributed by atoms with Crippen LogP contribution in [0, 0.1) is 0 Å². The molecule has 2 rings (SSSR count). The van der Waals surface area contributed by atoms with E-state index in [1.165, 1.54) is 0 Å². The van der Waals surface area contributed by atoms with Crippen molar-refractivity contribution in [1.29, 1.82) is 0 Å².